The molecule has 0 aliphatic carbocycles. The van der Waals surface area contributed by atoms with Crippen LogP contribution in [0, 0.1) is 0 Å². The summed E-state index contributed by atoms with van der Waals surface area (Å²) in [5.41, 5.74) is 7.31. The number of likely N-dealkylation sites (tertiary alicyclic amines) is 1. The van der Waals surface area contributed by atoms with Crippen molar-refractivity contribution >= 4 is 11.6 Å². The monoisotopic (exact) mass is 266 g/mol. The van der Waals surface area contributed by atoms with Crippen LogP contribution in [0.5, 0.6) is 0 Å². The van der Waals surface area contributed by atoms with E-state index in [4.69, 9.17) is 17.3 Å². The Balaban J connectivity index is 2.18. The molecule has 0 radical (unpaired) electrons. The van der Waals surface area contributed by atoms with E-state index in [-0.39, 0.29) is 0 Å². The summed E-state index contributed by atoms with van der Waals surface area (Å²) in [6, 6.07) is 9.17. The van der Waals surface area contributed by atoms with Gasteiger partial charge in [-0.25, -0.2) is 0 Å². The lowest BCUT2D eigenvalue weighted by molar-refractivity contribution is 0.0949. The highest BCUT2D eigenvalue weighted by Crippen LogP contribution is 2.29. The van der Waals surface area contributed by atoms with Gasteiger partial charge < -0.3 is 5.73 Å². The molecular formula is C15H23ClN2. The first-order valence-electron chi connectivity index (χ1n) is 6.97. The molecule has 1 aromatic carbocycles. The van der Waals surface area contributed by atoms with E-state index in [1.807, 2.05) is 12.1 Å². The molecule has 1 fully saturated rings. The highest BCUT2D eigenvalue weighted by molar-refractivity contribution is 6.30. The molecule has 2 unspecified atom stereocenters. The van der Waals surface area contributed by atoms with Crippen LogP contribution in [-0.4, -0.2) is 24.0 Å². The van der Waals surface area contributed by atoms with E-state index in [1.54, 1.807) is 0 Å². The molecule has 1 aromatic rings. The third-order valence-electron chi connectivity index (χ3n) is 4.02. The molecule has 3 heteroatoms. The van der Waals surface area contributed by atoms with Gasteiger partial charge in [-0.15, -0.1) is 0 Å². The number of hydrogen-bond donors (Lipinski definition) is 1. The van der Waals surface area contributed by atoms with E-state index < -0.39 is 0 Å². The maximum absolute atomic E-state index is 6.02. The van der Waals surface area contributed by atoms with Gasteiger partial charge in [0.25, 0.3) is 0 Å². The average Bonchev–Trinajstić information content (AvgIpc) is 2.42. The lowest BCUT2D eigenvalue weighted by Gasteiger charge is -2.40. The SMILES string of the molecule is CCC1CCCCN1C(CN)c1ccc(Cl)cc1. The maximum Gasteiger partial charge on any atom is 0.0473 e. The minimum atomic E-state index is 0.340. The second-order valence-electron chi connectivity index (χ2n) is 5.10. The summed E-state index contributed by atoms with van der Waals surface area (Å²) in [5, 5.41) is 0.792. The molecule has 0 amide bonds. The maximum atomic E-state index is 6.02. The van der Waals surface area contributed by atoms with Crippen molar-refractivity contribution in [2.45, 2.75) is 44.7 Å². The molecule has 2 N–H and O–H groups in total. The van der Waals surface area contributed by atoms with Gasteiger partial charge in [-0.05, 0) is 43.5 Å². The molecule has 100 valence electrons. The van der Waals surface area contributed by atoms with Crippen LogP contribution < -0.4 is 5.73 Å². The molecule has 0 bridgehead atoms. The number of benzene rings is 1. The summed E-state index contributed by atoms with van der Waals surface area (Å²) in [4.78, 5) is 2.59. The highest BCUT2D eigenvalue weighted by atomic mass is 35.5. The van der Waals surface area contributed by atoms with Gasteiger partial charge >= 0.3 is 0 Å². The highest BCUT2D eigenvalue weighted by Gasteiger charge is 2.27. The van der Waals surface area contributed by atoms with Crippen LogP contribution >= 0.6 is 11.6 Å². The molecular weight excluding hydrogens is 244 g/mol. The summed E-state index contributed by atoms with van der Waals surface area (Å²) in [7, 11) is 0. The number of nitrogens with zero attached hydrogens (tertiary/aromatic N) is 1. The molecule has 1 aliphatic heterocycles. The number of hydrogen-bond acceptors (Lipinski definition) is 2. The Morgan fingerprint density at radius 1 is 1.33 bits per heavy atom. The number of halogens is 1. The van der Waals surface area contributed by atoms with Gasteiger partial charge in [-0.2, -0.15) is 0 Å². The molecule has 0 saturated carbocycles. The fourth-order valence-corrected chi connectivity index (χ4v) is 3.15. The topological polar surface area (TPSA) is 29.3 Å². The van der Waals surface area contributed by atoms with Gasteiger partial charge in [0.05, 0.1) is 0 Å². The van der Waals surface area contributed by atoms with Crippen molar-refractivity contribution in [2.24, 2.45) is 5.73 Å². The van der Waals surface area contributed by atoms with Crippen molar-refractivity contribution in [1.82, 2.24) is 4.90 Å². The van der Waals surface area contributed by atoms with E-state index >= 15 is 0 Å². The molecule has 0 aromatic heterocycles. The Labute approximate surface area is 115 Å². The standard InChI is InChI=1S/C15H23ClN2/c1-2-14-5-3-4-10-18(14)15(11-17)12-6-8-13(16)9-7-12/h6-9,14-15H,2-5,10-11,17H2,1H3. The molecule has 2 rings (SSSR count). The Kier molecular flexibility index (Phi) is 5.04. The molecule has 1 saturated heterocycles. The summed E-state index contributed by atoms with van der Waals surface area (Å²) >= 11 is 5.96. The first-order chi connectivity index (χ1) is 8.76. The van der Waals surface area contributed by atoms with Crippen LogP contribution in [0.2, 0.25) is 5.02 Å². The summed E-state index contributed by atoms with van der Waals surface area (Å²) in [5.74, 6) is 0. The van der Waals surface area contributed by atoms with Gasteiger partial charge in [0.2, 0.25) is 0 Å². The Morgan fingerprint density at radius 3 is 2.67 bits per heavy atom. The molecule has 2 nitrogen and oxygen atoms in total. The van der Waals surface area contributed by atoms with Crippen LogP contribution in [0.3, 0.4) is 0 Å². The summed E-state index contributed by atoms with van der Waals surface area (Å²) < 4.78 is 0. The molecule has 18 heavy (non-hydrogen) atoms. The minimum absolute atomic E-state index is 0.340. The van der Waals surface area contributed by atoms with E-state index in [0.29, 0.717) is 18.6 Å². The van der Waals surface area contributed by atoms with E-state index in [0.717, 1.165) is 5.02 Å². The van der Waals surface area contributed by atoms with Gasteiger partial charge in [0, 0.05) is 23.7 Å². The fraction of sp³-hybridized carbons (Fsp3) is 0.600. The van der Waals surface area contributed by atoms with Crippen LogP contribution in [0.1, 0.15) is 44.2 Å². The molecule has 2 atom stereocenters. The molecule has 1 heterocycles. The van der Waals surface area contributed by atoms with Gasteiger partial charge in [0.15, 0.2) is 0 Å². The predicted molar refractivity (Wildman–Crippen MR) is 77.9 cm³/mol. The normalized spacial score (nSPS) is 22.9. The van der Waals surface area contributed by atoms with Crippen molar-refractivity contribution < 1.29 is 0 Å². The van der Waals surface area contributed by atoms with Gasteiger partial charge in [-0.1, -0.05) is 37.1 Å². The van der Waals surface area contributed by atoms with Gasteiger partial charge in [-0.3, -0.25) is 4.90 Å². The quantitative estimate of drug-likeness (QED) is 0.902. The average molecular weight is 267 g/mol. The molecule has 0 spiro atoms. The zero-order valence-corrected chi connectivity index (χ0v) is 11.9. The first-order valence-corrected chi connectivity index (χ1v) is 7.35. The third kappa shape index (κ3) is 3.05. The van der Waals surface area contributed by atoms with Crippen molar-refractivity contribution in [2.75, 3.05) is 13.1 Å². The summed E-state index contributed by atoms with van der Waals surface area (Å²) in [6.07, 6.45) is 5.16. The van der Waals surface area contributed by atoms with Crippen LogP contribution in [-0.2, 0) is 0 Å². The van der Waals surface area contributed by atoms with E-state index in [1.165, 1.54) is 37.8 Å². The zero-order valence-electron chi connectivity index (χ0n) is 11.1. The van der Waals surface area contributed by atoms with E-state index in [2.05, 4.69) is 24.0 Å². The number of nitrogens with two attached hydrogens (primary N) is 1. The van der Waals surface area contributed by atoms with Crippen LogP contribution in [0.15, 0.2) is 24.3 Å². The van der Waals surface area contributed by atoms with Crippen molar-refractivity contribution in [3.63, 3.8) is 0 Å². The van der Waals surface area contributed by atoms with E-state index in [9.17, 15) is 0 Å². The third-order valence-corrected chi connectivity index (χ3v) is 4.27. The Morgan fingerprint density at radius 2 is 2.06 bits per heavy atom. The lowest BCUT2D eigenvalue weighted by Crippen LogP contribution is -2.44. The summed E-state index contributed by atoms with van der Waals surface area (Å²) in [6.45, 7) is 4.12. The Hall–Kier alpha value is -0.570. The first kappa shape index (κ1) is 13.9. The van der Waals surface area contributed by atoms with Crippen LogP contribution in [0.4, 0.5) is 0 Å². The number of piperidine rings is 1. The Bertz CT molecular complexity index is 363. The predicted octanol–water partition coefficient (Wildman–Crippen LogP) is 3.60. The van der Waals surface area contributed by atoms with Crippen molar-refractivity contribution in [1.29, 1.82) is 0 Å². The zero-order chi connectivity index (χ0) is 13.0. The molecule has 1 aliphatic rings. The second kappa shape index (κ2) is 6.55. The van der Waals surface area contributed by atoms with Crippen molar-refractivity contribution in [3.8, 4) is 0 Å². The fourth-order valence-electron chi connectivity index (χ4n) is 3.02. The minimum Gasteiger partial charge on any atom is -0.329 e. The number of rotatable bonds is 4. The second-order valence-corrected chi connectivity index (χ2v) is 5.54. The largest absolute Gasteiger partial charge is 0.329 e. The van der Waals surface area contributed by atoms with Crippen molar-refractivity contribution in [3.05, 3.63) is 34.9 Å². The lowest BCUT2D eigenvalue weighted by atomic mass is 9.95. The van der Waals surface area contributed by atoms with Gasteiger partial charge in [0.1, 0.15) is 0 Å². The van der Waals surface area contributed by atoms with Crippen LogP contribution in [0.25, 0.3) is 0 Å². The smallest absolute Gasteiger partial charge is 0.0473 e.